The van der Waals surface area contributed by atoms with Gasteiger partial charge in [-0.2, -0.15) is 0 Å². The highest BCUT2D eigenvalue weighted by Gasteiger charge is 2.37. The molecule has 2 aromatic rings. The maximum absolute atomic E-state index is 12.7. The number of para-hydroxylation sites is 1. The van der Waals surface area contributed by atoms with Gasteiger partial charge in [0.15, 0.2) is 0 Å². The quantitative estimate of drug-likeness (QED) is 0.623. The highest BCUT2D eigenvalue weighted by atomic mass is 16.5. The molecule has 0 saturated heterocycles. The van der Waals surface area contributed by atoms with Crippen LogP contribution in [0.5, 0.6) is 0 Å². The van der Waals surface area contributed by atoms with Gasteiger partial charge in [-0.1, -0.05) is 29.8 Å². The zero-order valence-corrected chi connectivity index (χ0v) is 16.2. The molecule has 0 spiro atoms. The van der Waals surface area contributed by atoms with Crippen LogP contribution in [0.4, 0.5) is 11.4 Å². The summed E-state index contributed by atoms with van der Waals surface area (Å²) in [4.78, 5) is 37.3. The van der Waals surface area contributed by atoms with Crippen molar-refractivity contribution < 1.29 is 19.1 Å². The molecule has 27 heavy (non-hydrogen) atoms. The molecule has 0 heterocycles. The third kappa shape index (κ3) is 4.53. The first-order valence-electron chi connectivity index (χ1n) is 8.54. The topological polar surface area (TPSA) is 84.5 Å². The first-order valence-corrected chi connectivity index (χ1v) is 8.54. The minimum atomic E-state index is -1.36. The molecule has 2 N–H and O–H groups in total. The number of carbonyl (C=O) groups excluding carboxylic acids is 3. The summed E-state index contributed by atoms with van der Waals surface area (Å²) in [7, 11) is 1.27. The molecule has 0 aliphatic heterocycles. The van der Waals surface area contributed by atoms with Crippen molar-refractivity contribution in [3.63, 3.8) is 0 Å². The van der Waals surface area contributed by atoms with Gasteiger partial charge in [-0.05, 0) is 51.5 Å². The molecule has 0 aromatic heterocycles. The third-order valence-electron chi connectivity index (χ3n) is 4.35. The van der Waals surface area contributed by atoms with E-state index in [1.807, 2.05) is 32.0 Å². The molecule has 2 amide bonds. The standard InChI is InChI=1S/C21H24N2O4/c1-13-10-11-16(14(2)12-13)22-19(25)21(3,4)20(26)23-17-9-7-6-8-15(17)18(24)27-5/h6-12H,1-5H3,(H,22,25)(H,23,26). The van der Waals surface area contributed by atoms with E-state index in [1.54, 1.807) is 24.3 Å². The van der Waals surface area contributed by atoms with Crippen molar-refractivity contribution in [3.8, 4) is 0 Å². The molecule has 6 heteroatoms. The van der Waals surface area contributed by atoms with Gasteiger partial charge in [-0.25, -0.2) is 4.79 Å². The normalized spacial score (nSPS) is 10.9. The molecule has 0 bridgehead atoms. The molecule has 2 aromatic carbocycles. The van der Waals surface area contributed by atoms with Gasteiger partial charge in [0, 0.05) is 5.69 Å². The number of hydrogen-bond donors (Lipinski definition) is 2. The highest BCUT2D eigenvalue weighted by Crippen LogP contribution is 2.25. The van der Waals surface area contributed by atoms with Gasteiger partial charge in [0.25, 0.3) is 0 Å². The molecule has 142 valence electrons. The van der Waals surface area contributed by atoms with Crippen LogP contribution in [0.2, 0.25) is 0 Å². The summed E-state index contributed by atoms with van der Waals surface area (Å²) in [5, 5.41) is 5.46. The van der Waals surface area contributed by atoms with Gasteiger partial charge in [0.1, 0.15) is 5.41 Å². The molecular formula is C21H24N2O4. The van der Waals surface area contributed by atoms with Crippen LogP contribution >= 0.6 is 0 Å². The van der Waals surface area contributed by atoms with Crippen LogP contribution in [-0.2, 0) is 14.3 Å². The number of rotatable bonds is 5. The van der Waals surface area contributed by atoms with Crippen molar-refractivity contribution in [3.05, 3.63) is 59.2 Å². The van der Waals surface area contributed by atoms with Crippen LogP contribution in [0, 0.1) is 19.3 Å². The lowest BCUT2D eigenvalue weighted by molar-refractivity contribution is -0.135. The summed E-state index contributed by atoms with van der Waals surface area (Å²) >= 11 is 0. The van der Waals surface area contributed by atoms with E-state index in [4.69, 9.17) is 4.74 Å². The maximum Gasteiger partial charge on any atom is 0.339 e. The third-order valence-corrected chi connectivity index (χ3v) is 4.35. The van der Waals surface area contributed by atoms with Crippen molar-refractivity contribution in [2.24, 2.45) is 5.41 Å². The number of nitrogens with one attached hydrogen (secondary N) is 2. The highest BCUT2D eigenvalue weighted by molar-refractivity contribution is 6.15. The van der Waals surface area contributed by atoms with E-state index in [-0.39, 0.29) is 5.56 Å². The minimum Gasteiger partial charge on any atom is -0.465 e. The Hall–Kier alpha value is -3.15. The summed E-state index contributed by atoms with van der Waals surface area (Å²) < 4.78 is 4.72. The Bertz CT molecular complexity index is 888. The van der Waals surface area contributed by atoms with E-state index in [9.17, 15) is 14.4 Å². The Morgan fingerprint density at radius 2 is 1.48 bits per heavy atom. The molecule has 0 aliphatic carbocycles. The second kappa shape index (κ2) is 8.03. The van der Waals surface area contributed by atoms with E-state index in [0.29, 0.717) is 11.4 Å². The van der Waals surface area contributed by atoms with E-state index < -0.39 is 23.2 Å². The van der Waals surface area contributed by atoms with Gasteiger partial charge in [0.05, 0.1) is 18.4 Å². The number of amides is 2. The average Bonchev–Trinajstić information content (AvgIpc) is 2.63. The number of carbonyl (C=O) groups is 3. The number of benzene rings is 2. The van der Waals surface area contributed by atoms with Crippen LogP contribution in [0.3, 0.4) is 0 Å². The number of ether oxygens (including phenoxy) is 1. The fourth-order valence-electron chi connectivity index (χ4n) is 2.49. The zero-order chi connectivity index (χ0) is 20.2. The predicted molar refractivity (Wildman–Crippen MR) is 105 cm³/mol. The smallest absolute Gasteiger partial charge is 0.339 e. The fraction of sp³-hybridized carbons (Fsp3) is 0.286. The second-order valence-electron chi connectivity index (χ2n) is 6.89. The molecule has 6 nitrogen and oxygen atoms in total. The van der Waals surface area contributed by atoms with Crippen molar-refractivity contribution >= 4 is 29.2 Å². The lowest BCUT2D eigenvalue weighted by Crippen LogP contribution is -2.42. The van der Waals surface area contributed by atoms with Crippen LogP contribution in [0.1, 0.15) is 35.3 Å². The molecule has 0 saturated carbocycles. The van der Waals surface area contributed by atoms with Crippen molar-refractivity contribution in [1.29, 1.82) is 0 Å². The number of hydrogen-bond acceptors (Lipinski definition) is 4. The SMILES string of the molecule is COC(=O)c1ccccc1NC(=O)C(C)(C)C(=O)Nc1ccc(C)cc1C. The summed E-state index contributed by atoms with van der Waals surface area (Å²) in [5.74, 6) is -1.54. The molecule has 2 rings (SSSR count). The second-order valence-corrected chi connectivity index (χ2v) is 6.89. The summed E-state index contributed by atoms with van der Waals surface area (Å²) in [6, 6.07) is 12.1. The first kappa shape index (κ1) is 20.2. The molecular weight excluding hydrogens is 344 g/mol. The lowest BCUT2D eigenvalue weighted by atomic mass is 9.90. The van der Waals surface area contributed by atoms with Crippen molar-refractivity contribution in [1.82, 2.24) is 0 Å². The van der Waals surface area contributed by atoms with E-state index in [2.05, 4.69) is 10.6 Å². The average molecular weight is 368 g/mol. The van der Waals surface area contributed by atoms with Gasteiger partial charge >= 0.3 is 5.97 Å². The molecule has 0 unspecified atom stereocenters. The van der Waals surface area contributed by atoms with Gasteiger partial charge in [-0.3, -0.25) is 9.59 Å². The van der Waals surface area contributed by atoms with Crippen LogP contribution in [-0.4, -0.2) is 24.9 Å². The summed E-state index contributed by atoms with van der Waals surface area (Å²) in [6.07, 6.45) is 0. The molecule has 0 fully saturated rings. The minimum absolute atomic E-state index is 0.221. The largest absolute Gasteiger partial charge is 0.465 e. The monoisotopic (exact) mass is 368 g/mol. The molecule has 0 aliphatic rings. The maximum atomic E-state index is 12.7. The van der Waals surface area contributed by atoms with Crippen LogP contribution < -0.4 is 10.6 Å². The van der Waals surface area contributed by atoms with Gasteiger partial charge < -0.3 is 15.4 Å². The Morgan fingerprint density at radius 3 is 2.07 bits per heavy atom. The van der Waals surface area contributed by atoms with E-state index in [0.717, 1.165) is 11.1 Å². The molecule has 0 atom stereocenters. The van der Waals surface area contributed by atoms with Gasteiger partial charge in [-0.15, -0.1) is 0 Å². The van der Waals surface area contributed by atoms with Gasteiger partial charge in [0.2, 0.25) is 11.8 Å². The Kier molecular flexibility index (Phi) is 6.00. The van der Waals surface area contributed by atoms with Crippen molar-refractivity contribution in [2.75, 3.05) is 17.7 Å². The van der Waals surface area contributed by atoms with E-state index >= 15 is 0 Å². The number of anilines is 2. The van der Waals surface area contributed by atoms with Crippen LogP contribution in [0.15, 0.2) is 42.5 Å². The Balaban J connectivity index is 2.19. The molecule has 0 radical (unpaired) electrons. The lowest BCUT2D eigenvalue weighted by Gasteiger charge is -2.24. The predicted octanol–water partition coefficient (Wildman–Crippen LogP) is 3.69. The number of aryl methyl sites for hydroxylation is 2. The summed E-state index contributed by atoms with van der Waals surface area (Å²) in [6.45, 7) is 6.92. The number of methoxy groups -OCH3 is 1. The van der Waals surface area contributed by atoms with Crippen molar-refractivity contribution in [2.45, 2.75) is 27.7 Å². The Morgan fingerprint density at radius 1 is 0.889 bits per heavy atom. The van der Waals surface area contributed by atoms with E-state index in [1.165, 1.54) is 21.0 Å². The zero-order valence-electron chi connectivity index (χ0n) is 16.2. The Labute approximate surface area is 158 Å². The number of esters is 1. The first-order chi connectivity index (χ1) is 12.7. The summed E-state index contributed by atoms with van der Waals surface area (Å²) in [5.41, 5.74) is 1.81. The van der Waals surface area contributed by atoms with Crippen LogP contribution in [0.25, 0.3) is 0 Å². The fourth-order valence-corrected chi connectivity index (χ4v) is 2.49.